The van der Waals surface area contributed by atoms with E-state index in [-0.39, 0.29) is 17.2 Å². The first kappa shape index (κ1) is 24.1. The molecule has 172 valence electrons. The summed E-state index contributed by atoms with van der Waals surface area (Å²) in [5.74, 6) is 0.163. The van der Waals surface area contributed by atoms with Crippen LogP contribution in [0, 0.1) is 0 Å². The van der Waals surface area contributed by atoms with Gasteiger partial charge in [0.05, 0.1) is 17.9 Å². The van der Waals surface area contributed by atoms with Crippen LogP contribution in [0.4, 0.5) is 11.4 Å². The molecular weight excluding hydrogens is 412 g/mol. The Morgan fingerprint density at radius 3 is 2.12 bits per heavy atom. The zero-order valence-corrected chi connectivity index (χ0v) is 19.8. The highest BCUT2D eigenvalue weighted by atomic mass is 16.5. The van der Waals surface area contributed by atoms with Gasteiger partial charge in [0, 0.05) is 11.3 Å². The molecule has 2 amide bonds. The van der Waals surface area contributed by atoms with Crippen molar-refractivity contribution in [3.63, 3.8) is 0 Å². The Balaban J connectivity index is 1.68. The number of benzene rings is 3. The fourth-order valence-corrected chi connectivity index (χ4v) is 3.27. The molecule has 0 heterocycles. The monoisotopic (exact) mass is 444 g/mol. The molecule has 3 rings (SSSR count). The molecule has 3 aromatic carbocycles. The number of carbonyl (C=O) groups excluding carboxylic acids is 2. The van der Waals surface area contributed by atoms with Gasteiger partial charge in [0.25, 0.3) is 11.8 Å². The Morgan fingerprint density at radius 1 is 0.818 bits per heavy atom. The number of hydrogen-bond donors (Lipinski definition) is 2. The lowest BCUT2D eigenvalue weighted by atomic mass is 9.87. The van der Waals surface area contributed by atoms with Crippen LogP contribution in [0.3, 0.4) is 0 Å². The minimum atomic E-state index is -0.287. The zero-order chi connectivity index (χ0) is 23.8. The third-order valence-electron chi connectivity index (χ3n) is 5.31. The van der Waals surface area contributed by atoms with Gasteiger partial charge >= 0.3 is 0 Å². The number of para-hydroxylation sites is 1. The molecule has 0 saturated heterocycles. The molecule has 3 aromatic rings. The zero-order valence-electron chi connectivity index (χ0n) is 19.8. The van der Waals surface area contributed by atoms with E-state index in [4.69, 9.17) is 4.74 Å². The lowest BCUT2D eigenvalue weighted by molar-refractivity contribution is 0.102. The predicted octanol–water partition coefficient (Wildman–Crippen LogP) is 6.67. The first-order chi connectivity index (χ1) is 15.8. The van der Waals surface area contributed by atoms with Crippen molar-refractivity contribution < 1.29 is 14.3 Å². The van der Waals surface area contributed by atoms with E-state index in [1.54, 1.807) is 48.5 Å². The van der Waals surface area contributed by atoms with Crippen LogP contribution in [-0.2, 0) is 5.41 Å². The van der Waals surface area contributed by atoms with Gasteiger partial charge in [-0.3, -0.25) is 9.59 Å². The molecule has 0 unspecified atom stereocenters. The smallest absolute Gasteiger partial charge is 0.257 e. The molecule has 0 aliphatic heterocycles. The lowest BCUT2D eigenvalue weighted by Crippen LogP contribution is -2.18. The quantitative estimate of drug-likeness (QED) is 0.381. The summed E-state index contributed by atoms with van der Waals surface area (Å²) in [7, 11) is 0. The number of ether oxygens (including phenoxy) is 1. The van der Waals surface area contributed by atoms with E-state index in [1.807, 2.05) is 24.3 Å². The number of carbonyl (C=O) groups is 2. The highest BCUT2D eigenvalue weighted by molar-refractivity contribution is 6.12. The molecule has 0 radical (unpaired) electrons. The van der Waals surface area contributed by atoms with Crippen LogP contribution in [0.5, 0.6) is 5.75 Å². The molecule has 0 saturated carbocycles. The third-order valence-corrected chi connectivity index (χ3v) is 5.31. The van der Waals surface area contributed by atoms with Crippen LogP contribution in [-0.4, -0.2) is 18.4 Å². The summed E-state index contributed by atoms with van der Waals surface area (Å²) in [6, 6.07) is 21.8. The molecule has 0 aromatic heterocycles. The van der Waals surface area contributed by atoms with Crippen molar-refractivity contribution >= 4 is 23.2 Å². The van der Waals surface area contributed by atoms with Crippen molar-refractivity contribution in [3.05, 3.63) is 89.5 Å². The minimum absolute atomic E-state index is 0.0409. The average molecular weight is 445 g/mol. The van der Waals surface area contributed by atoms with Gasteiger partial charge in [-0.15, -0.1) is 0 Å². The Labute approximate surface area is 196 Å². The van der Waals surface area contributed by atoms with Gasteiger partial charge in [-0.1, -0.05) is 58.4 Å². The second-order valence-electron chi connectivity index (χ2n) is 9.01. The summed E-state index contributed by atoms with van der Waals surface area (Å²) in [6.45, 7) is 9.20. The lowest BCUT2D eigenvalue weighted by Gasteiger charge is -2.19. The second-order valence-corrected chi connectivity index (χ2v) is 9.01. The van der Waals surface area contributed by atoms with E-state index in [2.05, 4.69) is 38.3 Å². The minimum Gasteiger partial charge on any atom is -0.494 e. The number of nitrogens with one attached hydrogen (secondary N) is 2. The molecule has 0 atom stereocenters. The molecule has 0 bridgehead atoms. The predicted molar refractivity (Wildman–Crippen MR) is 134 cm³/mol. The highest BCUT2D eigenvalue weighted by Crippen LogP contribution is 2.24. The van der Waals surface area contributed by atoms with Gasteiger partial charge in [-0.2, -0.15) is 0 Å². The molecule has 0 aliphatic carbocycles. The van der Waals surface area contributed by atoms with Gasteiger partial charge in [0.1, 0.15) is 5.75 Å². The van der Waals surface area contributed by atoms with Crippen LogP contribution in [0.1, 0.15) is 66.8 Å². The van der Waals surface area contributed by atoms with Crippen LogP contribution >= 0.6 is 0 Å². The van der Waals surface area contributed by atoms with Crippen LogP contribution in [0.25, 0.3) is 0 Å². The number of anilines is 2. The van der Waals surface area contributed by atoms with E-state index in [0.717, 1.165) is 18.6 Å². The molecule has 0 aliphatic rings. The molecule has 2 N–H and O–H groups in total. The number of unbranched alkanes of at least 4 members (excludes halogenated alkanes) is 1. The van der Waals surface area contributed by atoms with Crippen LogP contribution in [0.2, 0.25) is 0 Å². The van der Waals surface area contributed by atoms with Crippen molar-refractivity contribution in [2.24, 2.45) is 0 Å². The second kappa shape index (κ2) is 10.8. The SMILES string of the molecule is CCCCOc1ccc(C(=O)Nc2ccccc2C(=O)Nc2ccc(C(C)(C)C)cc2)cc1. The summed E-state index contributed by atoms with van der Waals surface area (Å²) in [6.07, 6.45) is 2.05. The van der Waals surface area contributed by atoms with E-state index in [1.165, 1.54) is 5.56 Å². The van der Waals surface area contributed by atoms with Crippen molar-refractivity contribution in [3.8, 4) is 5.75 Å². The maximum Gasteiger partial charge on any atom is 0.257 e. The number of hydrogen-bond acceptors (Lipinski definition) is 3. The van der Waals surface area contributed by atoms with E-state index in [9.17, 15) is 9.59 Å². The Morgan fingerprint density at radius 2 is 1.48 bits per heavy atom. The molecule has 5 nitrogen and oxygen atoms in total. The Kier molecular flexibility index (Phi) is 7.88. The third kappa shape index (κ3) is 6.69. The number of amides is 2. The normalized spacial score (nSPS) is 11.0. The summed E-state index contributed by atoms with van der Waals surface area (Å²) < 4.78 is 5.65. The summed E-state index contributed by atoms with van der Waals surface area (Å²) in [4.78, 5) is 25.7. The summed E-state index contributed by atoms with van der Waals surface area (Å²) in [5.41, 5.74) is 3.27. The molecular formula is C28H32N2O3. The molecule has 0 fully saturated rings. The van der Waals surface area contributed by atoms with Gasteiger partial charge in [-0.05, 0) is 65.9 Å². The van der Waals surface area contributed by atoms with E-state index >= 15 is 0 Å². The molecule has 5 heteroatoms. The standard InChI is InChI=1S/C28H32N2O3/c1-5-6-19-33-23-17-11-20(12-18-23)26(31)30-25-10-8-7-9-24(25)27(32)29-22-15-13-21(14-16-22)28(2,3)4/h7-18H,5-6,19H2,1-4H3,(H,29,32)(H,30,31). The van der Waals surface area contributed by atoms with Gasteiger partial charge in [0.2, 0.25) is 0 Å². The Hall–Kier alpha value is -3.60. The van der Waals surface area contributed by atoms with Crippen molar-refractivity contribution in [1.82, 2.24) is 0 Å². The van der Waals surface area contributed by atoms with Gasteiger partial charge in [-0.25, -0.2) is 0 Å². The van der Waals surface area contributed by atoms with Gasteiger partial charge < -0.3 is 15.4 Å². The topological polar surface area (TPSA) is 67.4 Å². The average Bonchev–Trinajstić information content (AvgIpc) is 2.80. The highest BCUT2D eigenvalue weighted by Gasteiger charge is 2.16. The first-order valence-corrected chi connectivity index (χ1v) is 11.3. The van der Waals surface area contributed by atoms with Crippen LogP contribution in [0.15, 0.2) is 72.8 Å². The maximum absolute atomic E-state index is 12.9. The maximum atomic E-state index is 12.9. The fraction of sp³-hybridized carbons (Fsp3) is 0.286. The molecule has 33 heavy (non-hydrogen) atoms. The Bertz CT molecular complexity index is 1080. The van der Waals surface area contributed by atoms with Crippen molar-refractivity contribution in [1.29, 1.82) is 0 Å². The van der Waals surface area contributed by atoms with E-state index in [0.29, 0.717) is 29.1 Å². The van der Waals surface area contributed by atoms with Crippen LogP contribution < -0.4 is 15.4 Å². The molecule has 0 spiro atoms. The van der Waals surface area contributed by atoms with Gasteiger partial charge in [0.15, 0.2) is 0 Å². The number of rotatable bonds is 8. The summed E-state index contributed by atoms with van der Waals surface area (Å²) >= 11 is 0. The largest absolute Gasteiger partial charge is 0.494 e. The first-order valence-electron chi connectivity index (χ1n) is 11.3. The van der Waals surface area contributed by atoms with Crippen molar-refractivity contribution in [2.75, 3.05) is 17.2 Å². The summed E-state index contributed by atoms with van der Waals surface area (Å²) in [5, 5.41) is 5.77. The van der Waals surface area contributed by atoms with E-state index < -0.39 is 0 Å². The van der Waals surface area contributed by atoms with Crippen molar-refractivity contribution in [2.45, 2.75) is 46.0 Å². The fourth-order valence-electron chi connectivity index (χ4n) is 3.27.